The van der Waals surface area contributed by atoms with Crippen molar-refractivity contribution in [3.8, 4) is 39.3 Å². The van der Waals surface area contributed by atoms with Gasteiger partial charge in [-0.15, -0.1) is 0 Å². The van der Waals surface area contributed by atoms with Gasteiger partial charge in [0.2, 0.25) is 0 Å². The van der Waals surface area contributed by atoms with Crippen molar-refractivity contribution in [3.63, 3.8) is 0 Å². The van der Waals surface area contributed by atoms with E-state index in [1.54, 1.807) is 48.8 Å². The van der Waals surface area contributed by atoms with E-state index >= 15 is 4.39 Å². The Morgan fingerprint density at radius 1 is 0.781 bits per heavy atom. The number of aromatic hydroxyl groups is 1. The first-order chi connectivity index (χ1) is 15.6. The quantitative estimate of drug-likeness (QED) is 0.339. The number of fused-ring (bicyclic) bond motifs is 1. The minimum Gasteiger partial charge on any atom is -0.507 e. The van der Waals surface area contributed by atoms with Crippen LogP contribution in [0.2, 0.25) is 0 Å². The number of benzene rings is 3. The molecule has 0 atom stereocenters. The Bertz CT molecular complexity index is 1460. The molecule has 0 bridgehead atoms. The number of nitrogens with zero attached hydrogens (tertiary/aromatic N) is 2. The maximum Gasteiger partial charge on any atom is 0.140 e. The van der Waals surface area contributed by atoms with Crippen LogP contribution in [0.3, 0.4) is 0 Å². The van der Waals surface area contributed by atoms with E-state index in [9.17, 15) is 5.11 Å². The van der Waals surface area contributed by atoms with Gasteiger partial charge in [-0.05, 0) is 60.2 Å². The number of para-hydroxylation sites is 1. The standard InChI is InChI=1S/C28H21FN2O/c1-17-15-19-12-14-30-16-24(19)26(18(17)2)23-10-6-8-21(28(23)32)20-7-5-9-22(27(20)29)25-11-3-4-13-31-25/h3-16,32H,1-2H3. The van der Waals surface area contributed by atoms with Crippen molar-refractivity contribution in [2.24, 2.45) is 0 Å². The summed E-state index contributed by atoms with van der Waals surface area (Å²) >= 11 is 0. The Labute approximate surface area is 185 Å². The summed E-state index contributed by atoms with van der Waals surface area (Å²) in [7, 11) is 0. The lowest BCUT2D eigenvalue weighted by molar-refractivity contribution is 0.478. The second kappa shape index (κ2) is 7.89. The van der Waals surface area contributed by atoms with Crippen LogP contribution in [0, 0.1) is 19.7 Å². The van der Waals surface area contributed by atoms with Gasteiger partial charge in [0.15, 0.2) is 0 Å². The molecule has 0 fully saturated rings. The van der Waals surface area contributed by atoms with Crippen molar-refractivity contribution in [2.45, 2.75) is 13.8 Å². The van der Waals surface area contributed by atoms with E-state index in [4.69, 9.17) is 0 Å². The number of halogens is 1. The number of pyridine rings is 2. The molecule has 32 heavy (non-hydrogen) atoms. The zero-order valence-corrected chi connectivity index (χ0v) is 17.8. The van der Waals surface area contributed by atoms with E-state index in [1.165, 1.54) is 0 Å². The Balaban J connectivity index is 1.75. The van der Waals surface area contributed by atoms with Crippen molar-refractivity contribution in [1.82, 2.24) is 9.97 Å². The molecule has 5 aromatic rings. The molecule has 0 saturated heterocycles. The van der Waals surface area contributed by atoms with Gasteiger partial charge < -0.3 is 5.11 Å². The van der Waals surface area contributed by atoms with Crippen LogP contribution < -0.4 is 0 Å². The minimum absolute atomic E-state index is 0.0448. The molecule has 4 heteroatoms. The van der Waals surface area contributed by atoms with E-state index in [0.29, 0.717) is 27.9 Å². The van der Waals surface area contributed by atoms with Gasteiger partial charge in [0.05, 0.1) is 5.69 Å². The highest BCUT2D eigenvalue weighted by Crippen LogP contribution is 2.44. The maximum atomic E-state index is 15.6. The molecule has 0 spiro atoms. The maximum absolute atomic E-state index is 15.6. The van der Waals surface area contributed by atoms with Gasteiger partial charge in [0, 0.05) is 46.2 Å². The molecule has 2 aromatic heterocycles. The molecule has 0 amide bonds. The topological polar surface area (TPSA) is 46.0 Å². The molecule has 5 rings (SSSR count). The third-order valence-corrected chi connectivity index (χ3v) is 6.00. The van der Waals surface area contributed by atoms with Gasteiger partial charge in [-0.3, -0.25) is 9.97 Å². The molecule has 1 N–H and O–H groups in total. The van der Waals surface area contributed by atoms with Crippen LogP contribution in [0.4, 0.5) is 4.39 Å². The van der Waals surface area contributed by atoms with Crippen LogP contribution in [0.5, 0.6) is 5.75 Å². The second-order valence-electron chi connectivity index (χ2n) is 7.87. The van der Waals surface area contributed by atoms with Crippen LogP contribution in [-0.4, -0.2) is 15.1 Å². The Morgan fingerprint density at radius 2 is 1.53 bits per heavy atom. The van der Waals surface area contributed by atoms with E-state index < -0.39 is 5.82 Å². The molecule has 156 valence electrons. The van der Waals surface area contributed by atoms with Crippen LogP contribution in [0.1, 0.15) is 11.1 Å². The molecule has 0 aliphatic heterocycles. The van der Waals surface area contributed by atoms with Gasteiger partial charge in [-0.25, -0.2) is 4.39 Å². The van der Waals surface area contributed by atoms with Gasteiger partial charge in [-0.1, -0.05) is 42.5 Å². The number of phenols is 1. The number of aryl methyl sites for hydroxylation is 1. The molecule has 3 aromatic carbocycles. The number of rotatable bonds is 3. The first kappa shape index (κ1) is 19.9. The minimum atomic E-state index is -0.411. The Morgan fingerprint density at radius 3 is 2.31 bits per heavy atom. The van der Waals surface area contributed by atoms with Gasteiger partial charge in [-0.2, -0.15) is 0 Å². The van der Waals surface area contributed by atoms with Crippen molar-refractivity contribution in [3.05, 3.63) is 102 Å². The summed E-state index contributed by atoms with van der Waals surface area (Å²) in [5, 5.41) is 13.4. The van der Waals surface area contributed by atoms with Crippen LogP contribution >= 0.6 is 0 Å². The normalized spacial score (nSPS) is 11.1. The van der Waals surface area contributed by atoms with Crippen LogP contribution in [0.25, 0.3) is 44.3 Å². The van der Waals surface area contributed by atoms with E-state index in [2.05, 4.69) is 23.0 Å². The summed E-state index contributed by atoms with van der Waals surface area (Å²) in [6.45, 7) is 4.08. The van der Waals surface area contributed by atoms with Crippen molar-refractivity contribution < 1.29 is 9.50 Å². The molecular formula is C28H21FN2O. The summed E-state index contributed by atoms with van der Waals surface area (Å²) in [5.41, 5.74) is 5.46. The zero-order chi connectivity index (χ0) is 22.2. The average molecular weight is 420 g/mol. The predicted molar refractivity (Wildman–Crippen MR) is 127 cm³/mol. The van der Waals surface area contributed by atoms with E-state index in [0.717, 1.165) is 27.5 Å². The highest BCUT2D eigenvalue weighted by molar-refractivity contribution is 6.01. The second-order valence-corrected chi connectivity index (χ2v) is 7.87. The molecule has 0 saturated carbocycles. The van der Waals surface area contributed by atoms with Crippen LogP contribution in [-0.2, 0) is 0 Å². The fourth-order valence-corrected chi connectivity index (χ4v) is 4.25. The zero-order valence-electron chi connectivity index (χ0n) is 17.8. The van der Waals surface area contributed by atoms with Gasteiger partial charge in [0.25, 0.3) is 0 Å². The average Bonchev–Trinajstić information content (AvgIpc) is 2.82. The Kier molecular flexibility index (Phi) is 4.91. The van der Waals surface area contributed by atoms with Crippen LogP contribution in [0.15, 0.2) is 85.3 Å². The van der Waals surface area contributed by atoms with E-state index in [-0.39, 0.29) is 5.75 Å². The number of hydrogen-bond donors (Lipinski definition) is 1. The third kappa shape index (κ3) is 3.21. The fourth-order valence-electron chi connectivity index (χ4n) is 4.25. The summed E-state index contributed by atoms with van der Waals surface area (Å²) in [6, 6.07) is 20.1. The lowest BCUT2D eigenvalue weighted by atomic mass is 9.89. The number of hydrogen-bond acceptors (Lipinski definition) is 3. The number of phenolic OH excluding ortho intramolecular Hbond substituents is 1. The molecular weight excluding hydrogens is 399 g/mol. The monoisotopic (exact) mass is 420 g/mol. The summed E-state index contributed by atoms with van der Waals surface area (Å²) in [5.74, 6) is -0.366. The van der Waals surface area contributed by atoms with Crippen molar-refractivity contribution in [1.29, 1.82) is 0 Å². The molecule has 0 radical (unpaired) electrons. The molecule has 2 heterocycles. The fraction of sp³-hybridized carbons (Fsp3) is 0.0714. The van der Waals surface area contributed by atoms with Crippen molar-refractivity contribution >= 4 is 10.8 Å². The van der Waals surface area contributed by atoms with Crippen molar-refractivity contribution in [2.75, 3.05) is 0 Å². The lowest BCUT2D eigenvalue weighted by Gasteiger charge is -2.17. The highest BCUT2D eigenvalue weighted by Gasteiger charge is 2.19. The largest absolute Gasteiger partial charge is 0.507 e. The molecule has 0 aliphatic carbocycles. The summed E-state index contributed by atoms with van der Waals surface area (Å²) in [6.07, 6.45) is 5.21. The van der Waals surface area contributed by atoms with E-state index in [1.807, 2.05) is 37.4 Å². The third-order valence-electron chi connectivity index (χ3n) is 6.00. The summed E-state index contributed by atoms with van der Waals surface area (Å²) in [4.78, 5) is 8.57. The SMILES string of the molecule is Cc1cc2ccncc2c(-c2cccc(-c3cccc(-c4ccccn4)c3F)c2O)c1C. The first-order valence-corrected chi connectivity index (χ1v) is 10.4. The first-order valence-electron chi connectivity index (χ1n) is 10.4. The molecule has 0 aliphatic rings. The van der Waals surface area contributed by atoms with Gasteiger partial charge in [0.1, 0.15) is 11.6 Å². The molecule has 3 nitrogen and oxygen atoms in total. The smallest absolute Gasteiger partial charge is 0.140 e. The number of aromatic nitrogens is 2. The predicted octanol–water partition coefficient (Wildman–Crippen LogP) is 7.09. The molecule has 0 unspecified atom stereocenters. The van der Waals surface area contributed by atoms with Gasteiger partial charge >= 0.3 is 0 Å². The Hall–Kier alpha value is -4.05. The highest BCUT2D eigenvalue weighted by atomic mass is 19.1. The summed E-state index contributed by atoms with van der Waals surface area (Å²) < 4.78 is 15.6. The lowest BCUT2D eigenvalue weighted by Crippen LogP contribution is -1.94.